The van der Waals surface area contributed by atoms with Crippen molar-refractivity contribution in [3.8, 4) is 5.75 Å². The maximum atomic E-state index is 12.0. The molecule has 0 fully saturated rings. The number of nitrogens with one attached hydrogen (secondary N) is 1. The SMILES string of the molecule is Cc1cc(O)c(NC2=CC(=O)N(CCO)C2=O)cc1C. The second-order valence-corrected chi connectivity index (χ2v) is 4.66. The summed E-state index contributed by atoms with van der Waals surface area (Å²) in [6.07, 6.45) is 1.16. The first-order valence-corrected chi connectivity index (χ1v) is 6.19. The number of hydrogen-bond donors (Lipinski definition) is 3. The molecule has 0 atom stereocenters. The lowest BCUT2D eigenvalue weighted by Gasteiger charge is -2.14. The highest BCUT2D eigenvalue weighted by Gasteiger charge is 2.30. The molecule has 1 aliphatic heterocycles. The molecular weight excluding hydrogens is 260 g/mol. The minimum absolute atomic E-state index is 0.00913. The first-order chi connectivity index (χ1) is 9.43. The molecule has 1 aromatic rings. The number of β-amino-alcohol motifs (C(OH)–C–C–N with tert-alkyl or cyclic N) is 1. The Morgan fingerprint density at radius 1 is 1.20 bits per heavy atom. The van der Waals surface area contributed by atoms with Crippen LogP contribution < -0.4 is 5.32 Å². The van der Waals surface area contributed by atoms with E-state index in [0.717, 1.165) is 22.1 Å². The Labute approximate surface area is 116 Å². The number of amides is 2. The van der Waals surface area contributed by atoms with Gasteiger partial charge in [-0.15, -0.1) is 0 Å². The summed E-state index contributed by atoms with van der Waals surface area (Å²) in [5.74, 6) is -0.980. The zero-order chi connectivity index (χ0) is 14.9. The maximum absolute atomic E-state index is 12.0. The van der Waals surface area contributed by atoms with Gasteiger partial charge in [0.1, 0.15) is 11.4 Å². The highest BCUT2D eigenvalue weighted by molar-refractivity contribution is 6.17. The normalized spacial score (nSPS) is 14.8. The van der Waals surface area contributed by atoms with Crippen LogP contribution in [-0.2, 0) is 9.59 Å². The van der Waals surface area contributed by atoms with Gasteiger partial charge in [-0.25, -0.2) is 0 Å². The summed E-state index contributed by atoms with van der Waals surface area (Å²) in [7, 11) is 0. The van der Waals surface area contributed by atoms with Crippen LogP contribution in [0.5, 0.6) is 5.75 Å². The lowest BCUT2D eigenvalue weighted by Crippen LogP contribution is -2.34. The number of aryl methyl sites for hydroxylation is 2. The number of hydrogen-bond acceptors (Lipinski definition) is 5. The molecule has 0 unspecified atom stereocenters. The van der Waals surface area contributed by atoms with E-state index in [-0.39, 0.29) is 24.6 Å². The summed E-state index contributed by atoms with van der Waals surface area (Å²) in [6, 6.07) is 3.29. The summed E-state index contributed by atoms with van der Waals surface area (Å²) in [6.45, 7) is 3.42. The van der Waals surface area contributed by atoms with Gasteiger partial charge in [0, 0.05) is 6.08 Å². The average molecular weight is 276 g/mol. The fourth-order valence-electron chi connectivity index (χ4n) is 1.96. The molecule has 1 heterocycles. The van der Waals surface area contributed by atoms with Crippen LogP contribution in [0.15, 0.2) is 23.9 Å². The third-order valence-electron chi connectivity index (χ3n) is 3.21. The van der Waals surface area contributed by atoms with Crippen LogP contribution in [0.25, 0.3) is 0 Å². The van der Waals surface area contributed by atoms with Gasteiger partial charge in [0.2, 0.25) is 0 Å². The molecule has 2 rings (SSSR count). The lowest BCUT2D eigenvalue weighted by atomic mass is 10.1. The van der Waals surface area contributed by atoms with Crippen LogP contribution in [0, 0.1) is 13.8 Å². The topological polar surface area (TPSA) is 89.9 Å². The van der Waals surface area contributed by atoms with Gasteiger partial charge in [-0.3, -0.25) is 14.5 Å². The molecule has 6 heteroatoms. The monoisotopic (exact) mass is 276 g/mol. The minimum atomic E-state index is -0.512. The van der Waals surface area contributed by atoms with Gasteiger partial charge in [-0.05, 0) is 37.1 Å². The molecule has 2 amide bonds. The molecule has 1 aliphatic rings. The molecule has 1 aromatic carbocycles. The van der Waals surface area contributed by atoms with Crippen molar-refractivity contribution in [2.75, 3.05) is 18.5 Å². The number of rotatable bonds is 4. The van der Waals surface area contributed by atoms with Gasteiger partial charge in [-0.1, -0.05) is 0 Å². The van der Waals surface area contributed by atoms with E-state index in [9.17, 15) is 14.7 Å². The fourth-order valence-corrected chi connectivity index (χ4v) is 1.96. The Balaban J connectivity index is 2.23. The highest BCUT2D eigenvalue weighted by Crippen LogP contribution is 2.29. The van der Waals surface area contributed by atoms with Crippen LogP contribution in [0.4, 0.5) is 5.69 Å². The summed E-state index contributed by atoms with van der Waals surface area (Å²) in [5, 5.41) is 21.4. The largest absolute Gasteiger partial charge is 0.506 e. The number of carbonyl (C=O) groups excluding carboxylic acids is 2. The van der Waals surface area contributed by atoms with Crippen LogP contribution in [0.3, 0.4) is 0 Å². The molecule has 0 radical (unpaired) electrons. The first-order valence-electron chi connectivity index (χ1n) is 6.19. The maximum Gasteiger partial charge on any atom is 0.277 e. The number of aromatic hydroxyl groups is 1. The summed E-state index contributed by atoms with van der Waals surface area (Å²) >= 11 is 0. The third-order valence-corrected chi connectivity index (χ3v) is 3.21. The Morgan fingerprint density at radius 3 is 2.50 bits per heavy atom. The molecule has 3 N–H and O–H groups in total. The second kappa shape index (κ2) is 5.34. The molecule has 20 heavy (non-hydrogen) atoms. The number of benzene rings is 1. The molecule has 6 nitrogen and oxygen atoms in total. The van der Waals surface area contributed by atoms with E-state index >= 15 is 0 Å². The molecular formula is C14H16N2O4. The molecule has 0 aromatic heterocycles. The standard InChI is InChI=1S/C14H16N2O4/c1-8-5-10(12(18)6-9(8)2)15-11-7-13(19)16(3-4-17)14(11)20/h5-7,15,17-18H,3-4H2,1-2H3. The number of phenols is 1. The fraction of sp³-hybridized carbons (Fsp3) is 0.286. The van der Waals surface area contributed by atoms with Crippen molar-refractivity contribution in [3.63, 3.8) is 0 Å². The number of phenolic OH excluding ortho intramolecular Hbond substituents is 1. The minimum Gasteiger partial charge on any atom is -0.506 e. The number of carbonyl (C=O) groups is 2. The zero-order valence-corrected chi connectivity index (χ0v) is 11.3. The van der Waals surface area contributed by atoms with E-state index in [4.69, 9.17) is 5.11 Å². The van der Waals surface area contributed by atoms with E-state index < -0.39 is 11.8 Å². The van der Waals surface area contributed by atoms with E-state index in [2.05, 4.69) is 5.32 Å². The van der Waals surface area contributed by atoms with E-state index in [0.29, 0.717) is 5.69 Å². The van der Waals surface area contributed by atoms with E-state index in [1.54, 1.807) is 12.1 Å². The summed E-state index contributed by atoms with van der Waals surface area (Å²) in [5.41, 5.74) is 2.33. The Bertz CT molecular complexity index is 607. The van der Waals surface area contributed by atoms with Crippen molar-refractivity contribution >= 4 is 17.5 Å². The Hall–Kier alpha value is -2.34. The van der Waals surface area contributed by atoms with Gasteiger partial charge in [0.25, 0.3) is 11.8 Å². The van der Waals surface area contributed by atoms with Crippen LogP contribution >= 0.6 is 0 Å². The highest BCUT2D eigenvalue weighted by atomic mass is 16.3. The molecule has 0 bridgehead atoms. The van der Waals surface area contributed by atoms with E-state index in [1.165, 1.54) is 0 Å². The van der Waals surface area contributed by atoms with Crippen molar-refractivity contribution in [2.45, 2.75) is 13.8 Å². The Morgan fingerprint density at radius 2 is 1.85 bits per heavy atom. The number of aliphatic hydroxyl groups excluding tert-OH is 1. The average Bonchev–Trinajstić information content (AvgIpc) is 2.64. The van der Waals surface area contributed by atoms with Crippen molar-refractivity contribution in [2.24, 2.45) is 0 Å². The van der Waals surface area contributed by atoms with Crippen molar-refractivity contribution < 1.29 is 19.8 Å². The van der Waals surface area contributed by atoms with E-state index in [1.807, 2.05) is 13.8 Å². The summed E-state index contributed by atoms with van der Waals surface area (Å²) in [4.78, 5) is 24.5. The van der Waals surface area contributed by atoms with Crippen molar-refractivity contribution in [1.29, 1.82) is 0 Å². The molecule has 0 aliphatic carbocycles. The number of nitrogens with zero attached hydrogens (tertiary/aromatic N) is 1. The van der Waals surface area contributed by atoms with Crippen molar-refractivity contribution in [3.05, 3.63) is 35.0 Å². The molecule has 0 spiro atoms. The van der Waals surface area contributed by atoms with Crippen LogP contribution in [-0.4, -0.2) is 40.1 Å². The van der Waals surface area contributed by atoms with Gasteiger partial charge < -0.3 is 15.5 Å². The quantitative estimate of drug-likeness (QED) is 0.555. The van der Waals surface area contributed by atoms with Crippen LogP contribution in [0.1, 0.15) is 11.1 Å². The zero-order valence-electron chi connectivity index (χ0n) is 11.3. The predicted octanol–water partition coefficient (Wildman–Crippen LogP) is 0.666. The Kier molecular flexibility index (Phi) is 3.76. The number of imide groups is 1. The van der Waals surface area contributed by atoms with Gasteiger partial charge in [0.15, 0.2) is 0 Å². The van der Waals surface area contributed by atoms with Gasteiger partial charge in [-0.2, -0.15) is 0 Å². The molecule has 0 saturated carbocycles. The molecule has 0 saturated heterocycles. The number of anilines is 1. The van der Waals surface area contributed by atoms with Gasteiger partial charge >= 0.3 is 0 Å². The number of aliphatic hydroxyl groups is 1. The first kappa shape index (κ1) is 14.1. The third kappa shape index (κ3) is 2.50. The smallest absolute Gasteiger partial charge is 0.277 e. The predicted molar refractivity (Wildman–Crippen MR) is 73.1 cm³/mol. The van der Waals surface area contributed by atoms with Crippen molar-refractivity contribution in [1.82, 2.24) is 4.90 Å². The summed E-state index contributed by atoms with van der Waals surface area (Å²) < 4.78 is 0. The van der Waals surface area contributed by atoms with Crippen LogP contribution in [0.2, 0.25) is 0 Å². The molecule has 106 valence electrons. The lowest BCUT2D eigenvalue weighted by molar-refractivity contribution is -0.137. The van der Waals surface area contributed by atoms with Gasteiger partial charge in [0.05, 0.1) is 18.8 Å². The second-order valence-electron chi connectivity index (χ2n) is 4.66.